The molecule has 0 atom stereocenters. The van der Waals surface area contributed by atoms with E-state index in [1.807, 2.05) is 0 Å². The fourth-order valence-corrected chi connectivity index (χ4v) is 2.42. The minimum Gasteiger partial charge on any atom is -0.488 e. The van der Waals surface area contributed by atoms with Gasteiger partial charge in [-0.1, -0.05) is 23.7 Å². The zero-order valence-corrected chi connectivity index (χ0v) is 12.9. The van der Waals surface area contributed by atoms with E-state index >= 15 is 0 Å². The summed E-state index contributed by atoms with van der Waals surface area (Å²) in [7, 11) is 0. The topological polar surface area (TPSA) is 59.1 Å². The van der Waals surface area contributed by atoms with Crippen molar-refractivity contribution in [1.82, 2.24) is 0 Å². The number of nitrogens with two attached hydrogens (primary N) is 1. The quantitative estimate of drug-likeness (QED) is 0.477. The predicted octanol–water partition coefficient (Wildman–Crippen LogP) is 4.24. The third-order valence-electron chi connectivity index (χ3n) is 2.73. The van der Waals surface area contributed by atoms with Gasteiger partial charge in [-0.25, -0.2) is 8.78 Å². The van der Waals surface area contributed by atoms with E-state index in [1.54, 1.807) is 6.07 Å². The highest BCUT2D eigenvalue weighted by molar-refractivity contribution is 9.10. The lowest BCUT2D eigenvalue weighted by Crippen LogP contribution is -2.14. The average molecular weight is 376 g/mol. The van der Waals surface area contributed by atoms with Crippen LogP contribution in [0.4, 0.5) is 8.78 Å². The smallest absolute Gasteiger partial charge is 0.145 e. The molecule has 0 fully saturated rings. The van der Waals surface area contributed by atoms with Crippen molar-refractivity contribution < 1.29 is 13.5 Å². The molecular formula is C14H10BrClF2N2O. The molecule has 0 aromatic heterocycles. The van der Waals surface area contributed by atoms with E-state index in [4.69, 9.17) is 27.5 Å². The summed E-state index contributed by atoms with van der Waals surface area (Å²) in [6.07, 6.45) is 0. The van der Waals surface area contributed by atoms with Crippen LogP contribution in [0.2, 0.25) is 5.02 Å². The molecule has 7 heteroatoms. The highest BCUT2D eigenvalue weighted by Gasteiger charge is 2.12. The minimum atomic E-state index is -0.632. The Kier molecular flexibility index (Phi) is 4.80. The monoisotopic (exact) mass is 374 g/mol. The Morgan fingerprint density at radius 1 is 1.33 bits per heavy atom. The van der Waals surface area contributed by atoms with Gasteiger partial charge in [-0.05, 0) is 28.1 Å². The van der Waals surface area contributed by atoms with Crippen molar-refractivity contribution in [3.63, 3.8) is 0 Å². The first-order valence-electron chi connectivity index (χ1n) is 5.79. The molecule has 0 saturated heterocycles. The van der Waals surface area contributed by atoms with E-state index in [-0.39, 0.29) is 34.3 Å². The van der Waals surface area contributed by atoms with Gasteiger partial charge in [0.25, 0.3) is 0 Å². The summed E-state index contributed by atoms with van der Waals surface area (Å²) in [6.45, 7) is -0.132. The van der Waals surface area contributed by atoms with Crippen LogP contribution in [0.25, 0.3) is 0 Å². The van der Waals surface area contributed by atoms with Crippen molar-refractivity contribution in [2.45, 2.75) is 6.61 Å². The van der Waals surface area contributed by atoms with Gasteiger partial charge in [-0.2, -0.15) is 0 Å². The standard InChI is InChI=1S/C14H10BrClF2N2O/c15-9-4-10(16)11(17)5-12(9)21-6-7-2-1-3-8(13(7)18)14(19)20/h1-5H,6H2,(H3,19,20). The fraction of sp³-hybridized carbons (Fsp3) is 0.0714. The van der Waals surface area contributed by atoms with E-state index in [0.29, 0.717) is 4.47 Å². The van der Waals surface area contributed by atoms with Gasteiger partial charge in [0.05, 0.1) is 15.1 Å². The molecule has 0 bridgehead atoms. The molecule has 110 valence electrons. The van der Waals surface area contributed by atoms with Crippen LogP contribution in [0, 0.1) is 17.0 Å². The number of halogens is 4. The third-order valence-corrected chi connectivity index (χ3v) is 3.64. The fourth-order valence-electron chi connectivity index (χ4n) is 1.67. The number of rotatable bonds is 4. The molecule has 0 aliphatic carbocycles. The maximum absolute atomic E-state index is 14.1. The van der Waals surface area contributed by atoms with Crippen LogP contribution in [0.15, 0.2) is 34.8 Å². The number of nitrogen functional groups attached to an aromatic ring is 1. The van der Waals surface area contributed by atoms with Crippen molar-refractivity contribution in [2.24, 2.45) is 5.73 Å². The van der Waals surface area contributed by atoms with Crippen molar-refractivity contribution in [2.75, 3.05) is 0 Å². The molecule has 0 aliphatic rings. The molecule has 21 heavy (non-hydrogen) atoms. The number of amidine groups is 1. The average Bonchev–Trinajstić information content (AvgIpc) is 2.42. The maximum Gasteiger partial charge on any atom is 0.145 e. The second kappa shape index (κ2) is 6.41. The second-order valence-electron chi connectivity index (χ2n) is 4.18. The normalized spacial score (nSPS) is 10.5. The summed E-state index contributed by atoms with van der Waals surface area (Å²) in [6, 6.07) is 6.94. The number of hydrogen-bond acceptors (Lipinski definition) is 2. The summed E-state index contributed by atoms with van der Waals surface area (Å²) in [5.41, 5.74) is 5.49. The van der Waals surface area contributed by atoms with Gasteiger partial charge in [-0.3, -0.25) is 5.41 Å². The van der Waals surface area contributed by atoms with Crippen molar-refractivity contribution >= 4 is 33.4 Å². The van der Waals surface area contributed by atoms with Crippen LogP contribution in [0.1, 0.15) is 11.1 Å². The van der Waals surface area contributed by atoms with Gasteiger partial charge < -0.3 is 10.5 Å². The van der Waals surface area contributed by atoms with Crippen LogP contribution < -0.4 is 10.5 Å². The van der Waals surface area contributed by atoms with E-state index in [2.05, 4.69) is 15.9 Å². The van der Waals surface area contributed by atoms with E-state index in [9.17, 15) is 8.78 Å². The molecule has 0 amide bonds. The maximum atomic E-state index is 14.1. The van der Waals surface area contributed by atoms with Crippen LogP contribution in [0.5, 0.6) is 5.75 Å². The highest BCUT2D eigenvalue weighted by Crippen LogP contribution is 2.31. The molecule has 0 aliphatic heterocycles. The third kappa shape index (κ3) is 3.51. The zero-order valence-electron chi connectivity index (χ0n) is 10.6. The van der Waals surface area contributed by atoms with Crippen LogP contribution in [-0.2, 0) is 6.61 Å². The molecule has 2 aromatic carbocycles. The minimum absolute atomic E-state index is 0.00236. The van der Waals surface area contributed by atoms with Gasteiger partial charge in [0.15, 0.2) is 0 Å². The van der Waals surface area contributed by atoms with Gasteiger partial charge in [-0.15, -0.1) is 0 Å². The molecule has 2 aromatic rings. The lowest BCUT2D eigenvalue weighted by molar-refractivity contribution is 0.296. The molecule has 0 unspecified atom stereocenters. The Balaban J connectivity index is 2.23. The lowest BCUT2D eigenvalue weighted by atomic mass is 10.1. The molecule has 3 nitrogen and oxygen atoms in total. The summed E-state index contributed by atoms with van der Waals surface area (Å²) in [4.78, 5) is 0. The number of ether oxygens (including phenoxy) is 1. The van der Waals surface area contributed by atoms with Crippen LogP contribution in [0.3, 0.4) is 0 Å². The molecule has 0 heterocycles. The van der Waals surface area contributed by atoms with Gasteiger partial charge in [0.1, 0.15) is 29.8 Å². The Morgan fingerprint density at radius 2 is 2.05 bits per heavy atom. The number of nitrogens with one attached hydrogen (secondary N) is 1. The Bertz CT molecular complexity index is 710. The van der Waals surface area contributed by atoms with Gasteiger partial charge in [0, 0.05) is 11.6 Å². The molecule has 0 radical (unpaired) electrons. The Labute approximate surface area is 133 Å². The molecule has 2 rings (SSSR count). The summed E-state index contributed by atoms with van der Waals surface area (Å²) >= 11 is 8.81. The number of benzene rings is 2. The molecular weight excluding hydrogens is 366 g/mol. The van der Waals surface area contributed by atoms with Crippen LogP contribution in [-0.4, -0.2) is 5.84 Å². The van der Waals surface area contributed by atoms with Crippen molar-refractivity contribution in [1.29, 1.82) is 5.41 Å². The summed E-state index contributed by atoms with van der Waals surface area (Å²) in [5.74, 6) is -1.43. The Morgan fingerprint density at radius 3 is 2.71 bits per heavy atom. The molecule has 3 N–H and O–H groups in total. The van der Waals surface area contributed by atoms with Crippen LogP contribution >= 0.6 is 27.5 Å². The van der Waals surface area contributed by atoms with Crippen molar-refractivity contribution in [3.8, 4) is 5.75 Å². The van der Waals surface area contributed by atoms with Gasteiger partial charge in [0.2, 0.25) is 0 Å². The molecule has 0 spiro atoms. The SMILES string of the molecule is N=C(N)c1cccc(COc2cc(F)c(Cl)cc2Br)c1F. The predicted molar refractivity (Wildman–Crippen MR) is 80.9 cm³/mol. The zero-order chi connectivity index (χ0) is 15.6. The van der Waals surface area contributed by atoms with E-state index in [1.165, 1.54) is 18.2 Å². The first kappa shape index (κ1) is 15.7. The Hall–Kier alpha value is -1.66. The summed E-state index contributed by atoms with van der Waals surface area (Å²) in [5, 5.41) is 7.24. The van der Waals surface area contributed by atoms with Crippen molar-refractivity contribution in [3.05, 3.63) is 62.6 Å². The van der Waals surface area contributed by atoms with E-state index < -0.39 is 11.6 Å². The summed E-state index contributed by atoms with van der Waals surface area (Å²) < 4.78 is 33.3. The van der Waals surface area contributed by atoms with Gasteiger partial charge >= 0.3 is 0 Å². The lowest BCUT2D eigenvalue weighted by Gasteiger charge is -2.11. The largest absolute Gasteiger partial charge is 0.488 e. The second-order valence-corrected chi connectivity index (χ2v) is 5.44. The first-order chi connectivity index (χ1) is 9.90. The number of hydrogen-bond donors (Lipinski definition) is 2. The molecule has 0 saturated carbocycles. The van der Waals surface area contributed by atoms with E-state index in [0.717, 1.165) is 6.07 Å². The highest BCUT2D eigenvalue weighted by atomic mass is 79.9. The first-order valence-corrected chi connectivity index (χ1v) is 6.96.